The monoisotopic (exact) mass is 157 g/mol. The number of thiol groups is 1. The highest BCUT2D eigenvalue weighted by molar-refractivity contribution is 7.79. The van der Waals surface area contributed by atoms with Gasteiger partial charge in [-0.1, -0.05) is 19.3 Å². The first-order valence-electron chi connectivity index (χ1n) is 4.03. The average molecular weight is 157 g/mol. The van der Waals surface area contributed by atoms with Crippen molar-refractivity contribution in [1.29, 1.82) is 0 Å². The van der Waals surface area contributed by atoms with Crippen molar-refractivity contribution in [2.24, 2.45) is 10.3 Å². The topological polar surface area (TPSA) is 12.4 Å². The fourth-order valence-electron chi connectivity index (χ4n) is 1.60. The second-order valence-corrected chi connectivity index (χ2v) is 3.28. The van der Waals surface area contributed by atoms with Crippen molar-refractivity contribution in [3.8, 4) is 0 Å². The molecule has 10 heavy (non-hydrogen) atoms. The quantitative estimate of drug-likeness (QED) is 0.444. The smallest absolute Gasteiger partial charge is 0.0259 e. The van der Waals surface area contributed by atoms with Crippen LogP contribution < -0.4 is 0 Å². The zero-order chi connectivity index (χ0) is 7.40. The molecule has 0 bridgehead atoms. The maximum atomic E-state index is 3.92. The van der Waals surface area contributed by atoms with Gasteiger partial charge in [0.05, 0.1) is 0 Å². The lowest BCUT2D eigenvalue weighted by molar-refractivity contribution is 0.439. The molecule has 1 aliphatic rings. The minimum atomic E-state index is 0.742. The van der Waals surface area contributed by atoms with Gasteiger partial charge in [-0.3, -0.25) is 0 Å². The normalized spacial score (nSPS) is 23.2. The van der Waals surface area contributed by atoms with Gasteiger partial charge in [0.2, 0.25) is 0 Å². The first-order valence-corrected chi connectivity index (χ1v) is 4.43. The van der Waals surface area contributed by atoms with Crippen molar-refractivity contribution < 1.29 is 0 Å². The van der Waals surface area contributed by atoms with Crippen molar-refractivity contribution in [1.82, 2.24) is 0 Å². The first kappa shape index (κ1) is 8.12. The summed E-state index contributed by atoms with van der Waals surface area (Å²) in [6, 6.07) is 0. The summed E-state index contributed by atoms with van der Waals surface area (Å²) in [6.45, 7) is 2.09. The Labute approximate surface area is 68.5 Å². The number of hydrogen-bond acceptors (Lipinski definition) is 2. The van der Waals surface area contributed by atoms with Crippen LogP contribution in [-0.2, 0) is 0 Å². The van der Waals surface area contributed by atoms with Gasteiger partial charge in [0.25, 0.3) is 0 Å². The maximum absolute atomic E-state index is 3.92. The van der Waals surface area contributed by atoms with Gasteiger partial charge in [-0.05, 0) is 38.5 Å². The summed E-state index contributed by atoms with van der Waals surface area (Å²) in [4.78, 5) is 0. The molecule has 0 spiro atoms. The molecule has 0 aromatic heterocycles. The summed E-state index contributed by atoms with van der Waals surface area (Å²) in [5.74, 6) is 0.742. The Morgan fingerprint density at radius 1 is 1.30 bits per heavy atom. The van der Waals surface area contributed by atoms with E-state index in [0.717, 1.165) is 5.92 Å². The van der Waals surface area contributed by atoms with Crippen LogP contribution in [0.2, 0.25) is 0 Å². The van der Waals surface area contributed by atoms with Crippen molar-refractivity contribution in [3.05, 3.63) is 0 Å². The minimum Gasteiger partial charge on any atom is -0.229 e. The Bertz CT molecular complexity index is 125. The molecule has 1 nitrogen and oxygen atoms in total. The zero-order valence-corrected chi connectivity index (χ0v) is 7.40. The standard InChI is InChI=1S/C8H15NS/c1-7(9-10)8-5-3-2-4-6-8/h8,10H,2-6H2,1H3/b9-7+. The van der Waals surface area contributed by atoms with Crippen molar-refractivity contribution in [2.45, 2.75) is 39.0 Å². The minimum absolute atomic E-state index is 0.742. The lowest BCUT2D eigenvalue weighted by Gasteiger charge is -2.20. The van der Waals surface area contributed by atoms with Crippen LogP contribution in [-0.4, -0.2) is 5.71 Å². The van der Waals surface area contributed by atoms with E-state index in [-0.39, 0.29) is 0 Å². The van der Waals surface area contributed by atoms with Crippen LogP contribution >= 0.6 is 12.8 Å². The molecule has 0 aromatic rings. The molecule has 58 valence electrons. The van der Waals surface area contributed by atoms with Gasteiger partial charge in [-0.2, -0.15) is 0 Å². The van der Waals surface area contributed by atoms with Crippen LogP contribution in [0.3, 0.4) is 0 Å². The van der Waals surface area contributed by atoms with Crippen LogP contribution in [0, 0.1) is 5.92 Å². The van der Waals surface area contributed by atoms with Gasteiger partial charge in [0, 0.05) is 5.71 Å². The Morgan fingerprint density at radius 2 is 1.90 bits per heavy atom. The fraction of sp³-hybridized carbons (Fsp3) is 0.875. The van der Waals surface area contributed by atoms with E-state index >= 15 is 0 Å². The molecule has 1 fully saturated rings. The Hall–Kier alpha value is 0.0200. The van der Waals surface area contributed by atoms with Gasteiger partial charge < -0.3 is 0 Å². The molecule has 0 amide bonds. The highest BCUT2D eigenvalue weighted by atomic mass is 32.1. The maximum Gasteiger partial charge on any atom is 0.0259 e. The fourth-order valence-corrected chi connectivity index (χ4v) is 1.77. The predicted octanol–water partition coefficient (Wildman–Crippen LogP) is 2.87. The van der Waals surface area contributed by atoms with E-state index in [4.69, 9.17) is 0 Å². The van der Waals surface area contributed by atoms with E-state index in [1.165, 1.54) is 37.8 Å². The molecule has 0 N–H and O–H groups in total. The molecular formula is C8H15NS. The molecule has 1 saturated carbocycles. The van der Waals surface area contributed by atoms with Gasteiger partial charge >= 0.3 is 0 Å². The predicted molar refractivity (Wildman–Crippen MR) is 48.7 cm³/mol. The Kier molecular flexibility index (Phi) is 3.26. The van der Waals surface area contributed by atoms with Gasteiger partial charge in [0.15, 0.2) is 0 Å². The van der Waals surface area contributed by atoms with Crippen LogP contribution in [0.15, 0.2) is 4.40 Å². The summed E-state index contributed by atoms with van der Waals surface area (Å²) in [5.41, 5.74) is 1.23. The number of hydrogen-bond donors (Lipinski definition) is 1. The number of rotatable bonds is 1. The lowest BCUT2D eigenvalue weighted by Crippen LogP contribution is -2.13. The van der Waals surface area contributed by atoms with Crippen LogP contribution in [0.4, 0.5) is 0 Å². The first-order chi connectivity index (χ1) is 4.84. The zero-order valence-electron chi connectivity index (χ0n) is 6.51. The van der Waals surface area contributed by atoms with Crippen molar-refractivity contribution in [3.63, 3.8) is 0 Å². The third-order valence-corrected chi connectivity index (χ3v) is 2.67. The molecular weight excluding hydrogens is 142 g/mol. The third-order valence-electron chi connectivity index (χ3n) is 2.35. The molecule has 2 heteroatoms. The third kappa shape index (κ3) is 2.01. The lowest BCUT2D eigenvalue weighted by atomic mass is 9.86. The molecule has 0 unspecified atom stereocenters. The molecule has 0 aromatic carbocycles. The Balaban J connectivity index is 2.39. The molecule has 0 heterocycles. The van der Waals surface area contributed by atoms with E-state index in [1.54, 1.807) is 0 Å². The van der Waals surface area contributed by atoms with Gasteiger partial charge in [-0.15, -0.1) is 0 Å². The van der Waals surface area contributed by atoms with Gasteiger partial charge in [0.1, 0.15) is 0 Å². The molecule has 1 aliphatic carbocycles. The van der Waals surface area contributed by atoms with E-state index in [0.29, 0.717) is 0 Å². The largest absolute Gasteiger partial charge is 0.229 e. The average Bonchev–Trinajstić information content (AvgIpc) is 2.05. The van der Waals surface area contributed by atoms with E-state index in [2.05, 4.69) is 24.1 Å². The summed E-state index contributed by atoms with van der Waals surface area (Å²) < 4.78 is 3.92. The van der Waals surface area contributed by atoms with E-state index in [9.17, 15) is 0 Å². The molecule has 0 saturated heterocycles. The number of nitrogens with zero attached hydrogens (tertiary/aromatic N) is 1. The van der Waals surface area contributed by atoms with Crippen molar-refractivity contribution in [2.75, 3.05) is 0 Å². The van der Waals surface area contributed by atoms with Crippen LogP contribution in [0.5, 0.6) is 0 Å². The Morgan fingerprint density at radius 3 is 2.40 bits per heavy atom. The van der Waals surface area contributed by atoms with Crippen LogP contribution in [0.1, 0.15) is 39.0 Å². The molecule has 0 radical (unpaired) electrons. The molecule has 1 rings (SSSR count). The summed E-state index contributed by atoms with van der Waals surface area (Å²) in [6.07, 6.45) is 6.83. The highest BCUT2D eigenvalue weighted by Gasteiger charge is 2.15. The second-order valence-electron chi connectivity index (χ2n) is 3.08. The summed E-state index contributed by atoms with van der Waals surface area (Å²) >= 11 is 3.91. The molecule has 0 aliphatic heterocycles. The highest BCUT2D eigenvalue weighted by Crippen LogP contribution is 2.24. The van der Waals surface area contributed by atoms with Crippen LogP contribution in [0.25, 0.3) is 0 Å². The van der Waals surface area contributed by atoms with E-state index < -0.39 is 0 Å². The van der Waals surface area contributed by atoms with Gasteiger partial charge in [-0.25, -0.2) is 4.40 Å². The van der Waals surface area contributed by atoms with E-state index in [1.807, 2.05) is 0 Å². The van der Waals surface area contributed by atoms with Crippen molar-refractivity contribution >= 4 is 18.5 Å². The summed E-state index contributed by atoms with van der Waals surface area (Å²) in [7, 11) is 0. The molecule has 0 atom stereocenters. The second kappa shape index (κ2) is 4.02. The summed E-state index contributed by atoms with van der Waals surface area (Å²) in [5, 5.41) is 0. The SMILES string of the molecule is C/C(=N\S)C1CCCCC1.